The second kappa shape index (κ2) is 8.13. The molecule has 0 aliphatic carbocycles. The van der Waals surface area contributed by atoms with E-state index in [1.54, 1.807) is 6.92 Å². The maximum absolute atomic E-state index is 12.4. The average Bonchev–Trinajstić information content (AvgIpc) is 2.55. The van der Waals surface area contributed by atoms with Crippen LogP contribution >= 0.6 is 11.8 Å². The zero-order valence-electron chi connectivity index (χ0n) is 13.6. The van der Waals surface area contributed by atoms with E-state index < -0.39 is 21.3 Å². The van der Waals surface area contributed by atoms with Gasteiger partial charge in [0.05, 0.1) is 22.8 Å². The third-order valence-corrected chi connectivity index (χ3v) is 5.68. The second-order valence-electron chi connectivity index (χ2n) is 5.20. The number of hydrogen-bond acceptors (Lipinski definition) is 5. The summed E-state index contributed by atoms with van der Waals surface area (Å²) in [5.74, 6) is -0.905. The van der Waals surface area contributed by atoms with Crippen molar-refractivity contribution in [2.24, 2.45) is 0 Å². The molecule has 0 unspecified atom stereocenters. The molecule has 0 fully saturated rings. The van der Waals surface area contributed by atoms with Crippen LogP contribution < -0.4 is 0 Å². The van der Waals surface area contributed by atoms with Gasteiger partial charge in [-0.2, -0.15) is 13.2 Å². The van der Waals surface area contributed by atoms with Crippen molar-refractivity contribution in [3.05, 3.63) is 59.7 Å². The molecule has 0 aliphatic rings. The number of esters is 1. The Kier molecular flexibility index (Phi) is 6.35. The van der Waals surface area contributed by atoms with E-state index in [1.807, 2.05) is 0 Å². The average molecular weight is 404 g/mol. The molecule has 2 rings (SSSR count). The van der Waals surface area contributed by atoms with E-state index in [-0.39, 0.29) is 39.5 Å². The molecule has 0 amide bonds. The number of rotatable bonds is 6. The van der Waals surface area contributed by atoms with Gasteiger partial charge in [0.2, 0.25) is 0 Å². The first kappa shape index (κ1) is 20.3. The van der Waals surface area contributed by atoms with Crippen LogP contribution in [0.15, 0.2) is 58.3 Å². The Morgan fingerprint density at radius 2 is 1.62 bits per heavy atom. The summed E-state index contributed by atoms with van der Waals surface area (Å²) in [5.41, 5.74) is -3.79. The van der Waals surface area contributed by atoms with Gasteiger partial charge >= 0.3 is 11.5 Å². The summed E-state index contributed by atoms with van der Waals surface area (Å²) in [7, 11) is -3.70. The number of thioether (sulfide) groups is 1. The molecule has 2 aromatic carbocycles. The molecule has 140 valence electrons. The quantitative estimate of drug-likeness (QED) is 0.526. The lowest BCUT2D eigenvalue weighted by atomic mass is 10.2. The molecule has 9 heteroatoms. The van der Waals surface area contributed by atoms with Gasteiger partial charge in [-0.25, -0.2) is 13.2 Å². The third kappa shape index (κ3) is 5.77. The fourth-order valence-electron chi connectivity index (χ4n) is 2.10. The van der Waals surface area contributed by atoms with Crippen LogP contribution in [0.3, 0.4) is 0 Å². The number of sulfone groups is 1. The molecular weight excluding hydrogens is 389 g/mol. The highest BCUT2D eigenvalue weighted by Gasteiger charge is 2.29. The highest BCUT2D eigenvalue weighted by Crippen LogP contribution is 2.36. The molecule has 0 N–H and O–H groups in total. The van der Waals surface area contributed by atoms with Crippen molar-refractivity contribution >= 4 is 27.6 Å². The van der Waals surface area contributed by atoms with E-state index in [9.17, 15) is 26.4 Å². The molecule has 0 aliphatic heterocycles. The molecule has 0 radical (unpaired) electrons. The summed E-state index contributed by atoms with van der Waals surface area (Å²) in [6.07, 6.45) is 0. The van der Waals surface area contributed by atoms with Gasteiger partial charge in [-0.15, -0.1) is 0 Å². The normalized spacial score (nSPS) is 12.0. The van der Waals surface area contributed by atoms with Gasteiger partial charge in [-0.05, 0) is 60.6 Å². The van der Waals surface area contributed by atoms with Gasteiger partial charge < -0.3 is 4.74 Å². The van der Waals surface area contributed by atoms with Crippen LogP contribution in [-0.2, 0) is 20.3 Å². The fourth-order valence-corrected chi connectivity index (χ4v) is 3.99. The van der Waals surface area contributed by atoms with Crippen molar-refractivity contribution < 1.29 is 31.1 Å². The number of benzene rings is 2. The van der Waals surface area contributed by atoms with E-state index in [0.29, 0.717) is 5.56 Å². The predicted molar refractivity (Wildman–Crippen MR) is 91.6 cm³/mol. The Morgan fingerprint density at radius 1 is 1.04 bits per heavy atom. The van der Waals surface area contributed by atoms with Crippen LogP contribution in [0.5, 0.6) is 0 Å². The Balaban J connectivity index is 2.12. The monoisotopic (exact) mass is 404 g/mol. The summed E-state index contributed by atoms with van der Waals surface area (Å²) < 4.78 is 66.6. The highest BCUT2D eigenvalue weighted by atomic mass is 32.2. The molecule has 0 saturated heterocycles. The molecule has 0 spiro atoms. The lowest BCUT2D eigenvalue weighted by Crippen LogP contribution is -2.07. The number of hydrogen-bond donors (Lipinski definition) is 0. The molecule has 0 bridgehead atoms. The summed E-state index contributed by atoms with van der Waals surface area (Å²) in [6.45, 7) is 1.87. The van der Waals surface area contributed by atoms with Gasteiger partial charge in [0.15, 0.2) is 9.84 Å². The van der Waals surface area contributed by atoms with E-state index in [4.69, 9.17) is 4.74 Å². The summed E-state index contributed by atoms with van der Waals surface area (Å²) >= 11 is -0.261. The van der Waals surface area contributed by atoms with E-state index in [1.165, 1.54) is 48.5 Å². The number of carbonyl (C=O) groups excluding carboxylic acids is 1. The maximum Gasteiger partial charge on any atom is 0.446 e. The van der Waals surface area contributed by atoms with Crippen LogP contribution in [0, 0.1) is 0 Å². The standard InChI is InChI=1S/C17H15F3O4S2/c1-2-24-16(21)13-5-9-15(10-6-13)26(22,23)11-12-3-7-14(8-4-12)25-17(18,19)20/h3-10H,2,11H2,1H3. The first-order chi connectivity index (χ1) is 12.1. The Hall–Kier alpha value is -2.00. The van der Waals surface area contributed by atoms with Gasteiger partial charge in [0.25, 0.3) is 0 Å². The van der Waals surface area contributed by atoms with E-state index in [0.717, 1.165) is 0 Å². The van der Waals surface area contributed by atoms with Crippen LogP contribution in [0.1, 0.15) is 22.8 Å². The Labute approximate surface area is 153 Å². The SMILES string of the molecule is CCOC(=O)c1ccc(S(=O)(=O)Cc2ccc(SC(F)(F)F)cc2)cc1. The van der Waals surface area contributed by atoms with Gasteiger partial charge in [0.1, 0.15) is 0 Å². The maximum atomic E-state index is 12.4. The Bertz CT molecular complexity index is 858. The van der Waals surface area contributed by atoms with Crippen molar-refractivity contribution in [3.63, 3.8) is 0 Å². The van der Waals surface area contributed by atoms with Crippen molar-refractivity contribution in [1.29, 1.82) is 0 Å². The molecule has 0 aromatic heterocycles. The first-order valence-electron chi connectivity index (χ1n) is 7.45. The minimum atomic E-state index is -4.39. The van der Waals surface area contributed by atoms with Crippen LogP contribution in [0.2, 0.25) is 0 Å². The first-order valence-corrected chi connectivity index (χ1v) is 9.92. The van der Waals surface area contributed by atoms with Crippen LogP contribution in [-0.4, -0.2) is 26.5 Å². The number of alkyl halides is 3. The smallest absolute Gasteiger partial charge is 0.446 e. The predicted octanol–water partition coefficient (Wildman–Crippen LogP) is 4.45. The molecule has 4 nitrogen and oxygen atoms in total. The number of ether oxygens (including phenoxy) is 1. The minimum Gasteiger partial charge on any atom is -0.462 e. The van der Waals surface area contributed by atoms with Crippen molar-refractivity contribution in [1.82, 2.24) is 0 Å². The van der Waals surface area contributed by atoms with Gasteiger partial charge in [-0.3, -0.25) is 0 Å². The highest BCUT2D eigenvalue weighted by molar-refractivity contribution is 8.00. The van der Waals surface area contributed by atoms with Crippen molar-refractivity contribution in [2.75, 3.05) is 6.61 Å². The minimum absolute atomic E-state index is 0.0132. The number of carbonyl (C=O) groups is 1. The number of halogens is 3. The molecular formula is C17H15F3O4S2. The summed E-state index contributed by atoms with van der Waals surface area (Å²) in [6, 6.07) is 10.5. The summed E-state index contributed by atoms with van der Waals surface area (Å²) in [4.78, 5) is 11.6. The molecule has 0 saturated carbocycles. The van der Waals surface area contributed by atoms with Crippen molar-refractivity contribution in [2.45, 2.75) is 28.0 Å². The Morgan fingerprint density at radius 3 is 2.12 bits per heavy atom. The molecule has 2 aromatic rings. The van der Waals surface area contributed by atoms with Crippen LogP contribution in [0.4, 0.5) is 13.2 Å². The lowest BCUT2D eigenvalue weighted by molar-refractivity contribution is -0.0328. The van der Waals surface area contributed by atoms with E-state index in [2.05, 4.69) is 0 Å². The summed E-state index contributed by atoms with van der Waals surface area (Å²) in [5, 5.41) is 0. The van der Waals surface area contributed by atoms with Crippen molar-refractivity contribution in [3.8, 4) is 0 Å². The van der Waals surface area contributed by atoms with Crippen LogP contribution in [0.25, 0.3) is 0 Å². The van der Waals surface area contributed by atoms with E-state index >= 15 is 0 Å². The zero-order chi connectivity index (χ0) is 19.4. The fraction of sp³-hybridized carbons (Fsp3) is 0.235. The second-order valence-corrected chi connectivity index (χ2v) is 8.32. The topological polar surface area (TPSA) is 60.4 Å². The largest absolute Gasteiger partial charge is 0.462 e. The third-order valence-electron chi connectivity index (χ3n) is 3.24. The molecule has 0 heterocycles. The van der Waals surface area contributed by atoms with Gasteiger partial charge in [-0.1, -0.05) is 12.1 Å². The molecule has 26 heavy (non-hydrogen) atoms. The lowest BCUT2D eigenvalue weighted by Gasteiger charge is -2.08. The molecule has 0 atom stereocenters. The zero-order valence-corrected chi connectivity index (χ0v) is 15.2. The van der Waals surface area contributed by atoms with Gasteiger partial charge in [0, 0.05) is 4.90 Å².